The summed E-state index contributed by atoms with van der Waals surface area (Å²) in [4.78, 5) is 17.7. The van der Waals surface area contributed by atoms with Crippen LogP contribution in [0.1, 0.15) is 68.4 Å². The molecule has 2 aliphatic rings. The standard InChI is InChI=1S/C22H28N6O2/c1-30-17-10-9-15-13-18(22(29)23-19(15)14-17)20(27-11-5-6-12-27)21-24-25-26-28(21)16-7-3-2-4-8-16/h9-10,13-14,16,20H,2-8,11-12H2,1H3,(H,23,29)/p+1/t20-/m0/s1. The molecule has 0 bridgehead atoms. The largest absolute Gasteiger partial charge is 0.497 e. The number of tetrazole rings is 1. The first kappa shape index (κ1) is 19.2. The van der Waals surface area contributed by atoms with Crippen molar-refractivity contribution in [2.24, 2.45) is 0 Å². The molecule has 0 spiro atoms. The van der Waals surface area contributed by atoms with Gasteiger partial charge in [0.15, 0.2) is 6.04 Å². The average Bonchev–Trinajstić information content (AvgIpc) is 3.47. The Morgan fingerprint density at radius 3 is 2.70 bits per heavy atom. The zero-order chi connectivity index (χ0) is 20.5. The van der Waals surface area contributed by atoms with Crippen LogP contribution in [0.5, 0.6) is 5.75 Å². The number of aromatic nitrogens is 5. The lowest BCUT2D eigenvalue weighted by atomic mass is 9.95. The fraction of sp³-hybridized carbons (Fsp3) is 0.545. The molecule has 1 saturated heterocycles. The lowest BCUT2D eigenvalue weighted by molar-refractivity contribution is -0.914. The van der Waals surface area contributed by atoms with Crippen LogP contribution in [-0.4, -0.2) is 45.4 Å². The van der Waals surface area contributed by atoms with Crippen LogP contribution in [0.4, 0.5) is 0 Å². The molecule has 30 heavy (non-hydrogen) atoms. The molecule has 8 nitrogen and oxygen atoms in total. The van der Waals surface area contributed by atoms with Gasteiger partial charge in [-0.15, -0.1) is 5.10 Å². The van der Waals surface area contributed by atoms with Gasteiger partial charge in [0.05, 0.1) is 37.3 Å². The predicted octanol–water partition coefficient (Wildman–Crippen LogP) is 1.80. The number of nitrogens with zero attached hydrogens (tertiary/aromatic N) is 4. The van der Waals surface area contributed by atoms with Crippen LogP contribution in [0, 0.1) is 0 Å². The Balaban J connectivity index is 1.62. The highest BCUT2D eigenvalue weighted by Gasteiger charge is 2.37. The Morgan fingerprint density at radius 2 is 1.93 bits per heavy atom. The Hall–Kier alpha value is -2.74. The second kappa shape index (κ2) is 8.18. The van der Waals surface area contributed by atoms with E-state index in [9.17, 15) is 4.79 Å². The van der Waals surface area contributed by atoms with Crippen LogP contribution in [0.25, 0.3) is 10.9 Å². The number of pyridine rings is 1. The van der Waals surface area contributed by atoms with Gasteiger partial charge in [-0.2, -0.15) is 0 Å². The van der Waals surface area contributed by atoms with Crippen molar-refractivity contribution in [3.05, 3.63) is 46.0 Å². The first-order chi connectivity index (χ1) is 14.7. The predicted molar refractivity (Wildman–Crippen MR) is 113 cm³/mol. The lowest BCUT2D eigenvalue weighted by Crippen LogP contribution is -3.10. The number of hydrogen-bond acceptors (Lipinski definition) is 5. The maximum absolute atomic E-state index is 13.2. The first-order valence-electron chi connectivity index (χ1n) is 11.1. The number of nitrogens with one attached hydrogen (secondary N) is 2. The molecule has 0 unspecified atom stereocenters. The number of fused-ring (bicyclic) bond motifs is 1. The second-order valence-corrected chi connectivity index (χ2v) is 8.58. The second-order valence-electron chi connectivity index (χ2n) is 8.58. The van der Waals surface area contributed by atoms with E-state index in [1.165, 1.54) is 37.0 Å². The number of quaternary nitrogens is 1. The van der Waals surface area contributed by atoms with E-state index >= 15 is 0 Å². The zero-order valence-electron chi connectivity index (χ0n) is 17.4. The minimum Gasteiger partial charge on any atom is -0.497 e. The van der Waals surface area contributed by atoms with Gasteiger partial charge in [0, 0.05) is 18.9 Å². The molecule has 1 saturated carbocycles. The maximum atomic E-state index is 13.2. The molecule has 1 aliphatic heterocycles. The normalized spacial score (nSPS) is 19.4. The Labute approximate surface area is 175 Å². The molecular formula is C22H29N6O2+. The lowest BCUT2D eigenvalue weighted by Gasteiger charge is -2.27. The van der Waals surface area contributed by atoms with Crippen molar-refractivity contribution in [2.75, 3.05) is 20.2 Å². The molecule has 0 radical (unpaired) electrons. The van der Waals surface area contributed by atoms with E-state index in [0.29, 0.717) is 6.04 Å². The first-order valence-corrected chi connectivity index (χ1v) is 11.1. The number of ether oxygens (including phenoxy) is 1. The zero-order valence-corrected chi connectivity index (χ0v) is 17.4. The summed E-state index contributed by atoms with van der Waals surface area (Å²) in [7, 11) is 1.63. The highest BCUT2D eigenvalue weighted by atomic mass is 16.5. The van der Waals surface area contributed by atoms with E-state index in [1.807, 2.05) is 28.9 Å². The fourth-order valence-corrected chi connectivity index (χ4v) is 5.17. The maximum Gasteiger partial charge on any atom is 0.258 e. The highest BCUT2D eigenvalue weighted by Crippen LogP contribution is 2.30. The molecule has 2 fully saturated rings. The van der Waals surface area contributed by atoms with E-state index in [4.69, 9.17) is 4.74 Å². The summed E-state index contributed by atoms with van der Waals surface area (Å²) >= 11 is 0. The molecule has 2 aromatic heterocycles. The molecule has 2 N–H and O–H groups in total. The van der Waals surface area contributed by atoms with E-state index in [0.717, 1.165) is 54.0 Å². The number of hydrogen-bond donors (Lipinski definition) is 2. The summed E-state index contributed by atoms with van der Waals surface area (Å²) < 4.78 is 7.33. The van der Waals surface area contributed by atoms with Crippen LogP contribution in [0.3, 0.4) is 0 Å². The van der Waals surface area contributed by atoms with Gasteiger partial charge >= 0.3 is 0 Å². The van der Waals surface area contributed by atoms with E-state index < -0.39 is 0 Å². The number of rotatable bonds is 5. The minimum atomic E-state index is -0.153. The number of benzene rings is 1. The molecule has 1 aromatic carbocycles. The number of aromatic amines is 1. The van der Waals surface area contributed by atoms with Crippen molar-refractivity contribution in [1.82, 2.24) is 25.2 Å². The van der Waals surface area contributed by atoms with Gasteiger partial charge in [0.2, 0.25) is 5.82 Å². The van der Waals surface area contributed by atoms with Crippen LogP contribution in [-0.2, 0) is 0 Å². The minimum absolute atomic E-state index is 0.0710. The van der Waals surface area contributed by atoms with E-state index in [1.54, 1.807) is 7.11 Å². The summed E-state index contributed by atoms with van der Waals surface area (Å²) in [5.74, 6) is 1.56. The Kier molecular flexibility index (Phi) is 5.25. The third kappa shape index (κ3) is 3.49. The Morgan fingerprint density at radius 1 is 1.13 bits per heavy atom. The molecule has 0 amide bonds. The van der Waals surface area contributed by atoms with Gasteiger partial charge < -0.3 is 14.6 Å². The topological polar surface area (TPSA) is 90.1 Å². The number of methoxy groups -OCH3 is 1. The summed E-state index contributed by atoms with van der Waals surface area (Å²) in [6.45, 7) is 2.06. The van der Waals surface area contributed by atoms with Gasteiger partial charge in [0.1, 0.15) is 5.75 Å². The highest BCUT2D eigenvalue weighted by molar-refractivity contribution is 5.80. The smallest absolute Gasteiger partial charge is 0.258 e. The van der Waals surface area contributed by atoms with Crippen molar-refractivity contribution in [3.63, 3.8) is 0 Å². The Bertz CT molecular complexity index is 1080. The quantitative estimate of drug-likeness (QED) is 0.671. The van der Waals surface area contributed by atoms with Crippen molar-refractivity contribution >= 4 is 10.9 Å². The third-order valence-corrected chi connectivity index (χ3v) is 6.74. The van der Waals surface area contributed by atoms with E-state index in [-0.39, 0.29) is 11.6 Å². The van der Waals surface area contributed by atoms with Crippen molar-refractivity contribution in [3.8, 4) is 5.75 Å². The SMILES string of the molecule is COc1ccc2cc([C@@H](c3nnnn3C3CCCCC3)[NH+]3CCCC3)c(=O)[nH]c2c1. The summed E-state index contributed by atoms with van der Waals surface area (Å²) in [6.07, 6.45) is 8.25. The van der Waals surface area contributed by atoms with Crippen molar-refractivity contribution in [1.29, 1.82) is 0 Å². The fourth-order valence-electron chi connectivity index (χ4n) is 5.17. The number of likely N-dealkylation sites (tertiary alicyclic amines) is 1. The summed E-state index contributed by atoms with van der Waals surface area (Å²) in [5.41, 5.74) is 1.46. The van der Waals surface area contributed by atoms with Crippen LogP contribution in [0.15, 0.2) is 29.1 Å². The third-order valence-electron chi connectivity index (χ3n) is 6.74. The van der Waals surface area contributed by atoms with Gasteiger partial charge in [-0.05, 0) is 46.9 Å². The summed E-state index contributed by atoms with van der Waals surface area (Å²) in [5, 5.41) is 13.9. The molecule has 8 heteroatoms. The van der Waals surface area contributed by atoms with Gasteiger partial charge in [-0.3, -0.25) is 4.79 Å². The molecule has 158 valence electrons. The average molecular weight is 410 g/mol. The van der Waals surface area contributed by atoms with Crippen molar-refractivity contribution in [2.45, 2.75) is 57.0 Å². The molecule has 1 atom stereocenters. The van der Waals surface area contributed by atoms with Gasteiger partial charge in [-0.25, -0.2) is 4.68 Å². The molecule has 3 aromatic rings. The molecule has 5 rings (SSSR count). The van der Waals surface area contributed by atoms with Gasteiger partial charge in [0.25, 0.3) is 5.56 Å². The van der Waals surface area contributed by atoms with Gasteiger partial charge in [-0.1, -0.05) is 19.3 Å². The number of H-pyrrole nitrogens is 1. The van der Waals surface area contributed by atoms with Crippen LogP contribution >= 0.6 is 0 Å². The summed E-state index contributed by atoms with van der Waals surface area (Å²) in [6, 6.07) is 7.98. The molecular weight excluding hydrogens is 380 g/mol. The van der Waals surface area contributed by atoms with E-state index in [2.05, 4.69) is 20.5 Å². The van der Waals surface area contributed by atoms with Crippen LogP contribution < -0.4 is 15.2 Å². The van der Waals surface area contributed by atoms with Crippen LogP contribution in [0.2, 0.25) is 0 Å². The monoisotopic (exact) mass is 409 g/mol. The van der Waals surface area contributed by atoms with Crippen molar-refractivity contribution < 1.29 is 9.64 Å². The molecule has 1 aliphatic carbocycles. The molecule has 3 heterocycles.